The van der Waals surface area contributed by atoms with Crippen molar-refractivity contribution in [2.24, 2.45) is 16.6 Å². The highest BCUT2D eigenvalue weighted by molar-refractivity contribution is 6.08. The number of nitrogens with zero attached hydrogens (tertiary/aromatic N) is 4. The highest BCUT2D eigenvalue weighted by atomic mass is 16.5. The highest BCUT2D eigenvalue weighted by Gasteiger charge is 2.29. The lowest BCUT2D eigenvalue weighted by Crippen LogP contribution is -2.26. The van der Waals surface area contributed by atoms with Gasteiger partial charge in [-0.15, -0.1) is 0 Å². The van der Waals surface area contributed by atoms with Crippen molar-refractivity contribution in [3.63, 3.8) is 0 Å². The molecule has 3 aromatic rings. The number of benzene rings is 2. The summed E-state index contributed by atoms with van der Waals surface area (Å²) >= 11 is 0. The molecule has 0 spiro atoms. The molecule has 1 fully saturated rings. The third-order valence-corrected chi connectivity index (χ3v) is 5.51. The van der Waals surface area contributed by atoms with Gasteiger partial charge in [0.1, 0.15) is 11.4 Å². The summed E-state index contributed by atoms with van der Waals surface area (Å²) in [6.07, 6.45) is 5.26. The number of para-hydroxylation sites is 1. The van der Waals surface area contributed by atoms with Gasteiger partial charge in [0.05, 0.1) is 18.5 Å². The largest absolute Gasteiger partial charge is 0.494 e. The molecular weight excluding hydrogens is 418 g/mol. The molecule has 1 aliphatic heterocycles. The van der Waals surface area contributed by atoms with Crippen molar-refractivity contribution in [2.75, 3.05) is 18.6 Å². The van der Waals surface area contributed by atoms with Crippen LogP contribution in [0.15, 0.2) is 82.9 Å². The molecule has 8 nitrogen and oxygen atoms in total. The number of anilines is 1. The van der Waals surface area contributed by atoms with Gasteiger partial charge in [-0.3, -0.25) is 9.59 Å². The van der Waals surface area contributed by atoms with E-state index < -0.39 is 0 Å². The zero-order valence-corrected chi connectivity index (χ0v) is 18.5. The van der Waals surface area contributed by atoms with Crippen LogP contribution in [-0.4, -0.2) is 35.1 Å². The first-order chi connectivity index (χ1) is 16.0. The molecular formula is C25H25N5O3. The van der Waals surface area contributed by atoms with Crippen LogP contribution in [0.1, 0.15) is 19.0 Å². The minimum atomic E-state index is -0.286. The Balaban J connectivity index is 1.76. The standard InChI is InChI=1S/C25H25N5O3/c1-17-11-14-29(25(17)32)19-8-9-21(23(16-19)33-2)30-15-12-22(31)24(28-30)20(10-13-26)27-18-6-4-3-5-7-18/h3-10,12-13,15-17H,11,14,26H2,1-2H3. The van der Waals surface area contributed by atoms with Crippen LogP contribution in [-0.2, 0) is 4.79 Å². The molecule has 1 aromatic heterocycles. The third kappa shape index (κ3) is 4.55. The molecule has 168 valence electrons. The maximum atomic E-state index is 12.7. The van der Waals surface area contributed by atoms with E-state index in [0.717, 1.165) is 12.1 Å². The van der Waals surface area contributed by atoms with Gasteiger partial charge in [0.25, 0.3) is 0 Å². The van der Waals surface area contributed by atoms with Crippen LogP contribution in [0.2, 0.25) is 0 Å². The molecule has 0 saturated carbocycles. The summed E-state index contributed by atoms with van der Waals surface area (Å²) in [5.41, 5.74) is 7.89. The molecule has 2 N–H and O–H groups in total. The Labute approximate surface area is 191 Å². The number of aliphatic imine (C=N–C) groups is 1. The molecule has 1 unspecified atom stereocenters. The van der Waals surface area contributed by atoms with Crippen LogP contribution in [0.25, 0.3) is 5.69 Å². The van der Waals surface area contributed by atoms with E-state index in [9.17, 15) is 9.59 Å². The molecule has 2 heterocycles. The summed E-state index contributed by atoms with van der Waals surface area (Å²) in [7, 11) is 1.56. The maximum absolute atomic E-state index is 12.7. The Morgan fingerprint density at radius 3 is 2.64 bits per heavy atom. The van der Waals surface area contributed by atoms with E-state index >= 15 is 0 Å². The smallest absolute Gasteiger partial charge is 0.229 e. The molecule has 1 amide bonds. The lowest BCUT2D eigenvalue weighted by molar-refractivity contribution is -0.119. The number of carbonyl (C=O) groups is 1. The fourth-order valence-electron chi connectivity index (χ4n) is 3.72. The van der Waals surface area contributed by atoms with Gasteiger partial charge in [-0.2, -0.15) is 5.10 Å². The van der Waals surface area contributed by atoms with Crippen LogP contribution in [0.3, 0.4) is 0 Å². The number of ether oxygens (including phenoxy) is 1. The summed E-state index contributed by atoms with van der Waals surface area (Å²) in [5, 5.41) is 4.53. The van der Waals surface area contributed by atoms with E-state index in [-0.39, 0.29) is 22.9 Å². The number of rotatable bonds is 6. The number of aromatic nitrogens is 2. The lowest BCUT2D eigenvalue weighted by Gasteiger charge is -2.19. The Kier molecular flexibility index (Phi) is 6.35. The Hall–Kier alpha value is -4.20. The first-order valence-electron chi connectivity index (χ1n) is 10.6. The number of carbonyl (C=O) groups excluding carboxylic acids is 1. The number of hydrogen-bond donors (Lipinski definition) is 1. The molecule has 1 aliphatic rings. The van der Waals surface area contributed by atoms with Crippen LogP contribution in [0, 0.1) is 5.92 Å². The second kappa shape index (κ2) is 9.52. The molecule has 0 radical (unpaired) electrons. The van der Waals surface area contributed by atoms with Crippen molar-refractivity contribution < 1.29 is 9.53 Å². The average Bonchev–Trinajstić information content (AvgIpc) is 3.17. The molecule has 2 aromatic carbocycles. The molecule has 33 heavy (non-hydrogen) atoms. The Morgan fingerprint density at radius 2 is 1.97 bits per heavy atom. The summed E-state index contributed by atoms with van der Waals surface area (Å²) in [6.45, 7) is 2.61. The fourth-order valence-corrected chi connectivity index (χ4v) is 3.72. The molecule has 8 heteroatoms. The highest BCUT2D eigenvalue weighted by Crippen LogP contribution is 2.31. The number of methoxy groups -OCH3 is 1. The van der Waals surface area contributed by atoms with Gasteiger partial charge in [-0.1, -0.05) is 25.1 Å². The molecule has 0 aliphatic carbocycles. The third-order valence-electron chi connectivity index (χ3n) is 5.51. The predicted molar refractivity (Wildman–Crippen MR) is 128 cm³/mol. The molecule has 1 atom stereocenters. The zero-order chi connectivity index (χ0) is 23.4. The number of amides is 1. The van der Waals surface area contributed by atoms with E-state index in [2.05, 4.69) is 10.1 Å². The van der Waals surface area contributed by atoms with Crippen molar-refractivity contribution in [1.29, 1.82) is 0 Å². The first-order valence-corrected chi connectivity index (χ1v) is 10.6. The molecule has 0 bridgehead atoms. The predicted octanol–water partition coefficient (Wildman–Crippen LogP) is 3.21. The second-order valence-corrected chi connectivity index (χ2v) is 7.70. The van der Waals surface area contributed by atoms with Gasteiger partial charge in [0.2, 0.25) is 11.3 Å². The van der Waals surface area contributed by atoms with E-state index in [0.29, 0.717) is 29.4 Å². The Bertz CT molecular complexity index is 1280. The van der Waals surface area contributed by atoms with Gasteiger partial charge < -0.3 is 15.4 Å². The number of allylic oxidation sites excluding steroid dienone is 1. The quantitative estimate of drug-likeness (QED) is 0.590. The average molecular weight is 444 g/mol. The summed E-state index contributed by atoms with van der Waals surface area (Å²) < 4.78 is 7.15. The van der Waals surface area contributed by atoms with Crippen LogP contribution >= 0.6 is 0 Å². The number of nitrogens with two attached hydrogens (primary N) is 1. The summed E-state index contributed by atoms with van der Waals surface area (Å²) in [4.78, 5) is 31.4. The van der Waals surface area contributed by atoms with Crippen molar-refractivity contribution in [3.8, 4) is 11.4 Å². The normalized spacial score (nSPS) is 16.5. The lowest BCUT2D eigenvalue weighted by atomic mass is 10.1. The minimum Gasteiger partial charge on any atom is -0.494 e. The van der Waals surface area contributed by atoms with Crippen LogP contribution < -0.4 is 20.8 Å². The van der Waals surface area contributed by atoms with Crippen molar-refractivity contribution >= 4 is 23.0 Å². The topological polar surface area (TPSA) is 103 Å². The monoisotopic (exact) mass is 443 g/mol. The van der Waals surface area contributed by atoms with Crippen LogP contribution in [0.4, 0.5) is 11.4 Å². The number of hydrogen-bond acceptors (Lipinski definition) is 6. The van der Waals surface area contributed by atoms with E-state index in [4.69, 9.17) is 10.5 Å². The molecule has 4 rings (SSSR count). The van der Waals surface area contributed by atoms with Crippen molar-refractivity contribution in [1.82, 2.24) is 9.78 Å². The fraction of sp³-hybridized carbons (Fsp3) is 0.200. The summed E-state index contributed by atoms with van der Waals surface area (Å²) in [6, 6.07) is 16.2. The maximum Gasteiger partial charge on any atom is 0.229 e. The zero-order valence-electron chi connectivity index (χ0n) is 18.5. The van der Waals surface area contributed by atoms with Crippen molar-refractivity contribution in [2.45, 2.75) is 13.3 Å². The minimum absolute atomic E-state index is 0.0109. The van der Waals surface area contributed by atoms with Crippen molar-refractivity contribution in [3.05, 3.63) is 89.0 Å². The van der Waals surface area contributed by atoms with Gasteiger partial charge in [0.15, 0.2) is 5.69 Å². The van der Waals surface area contributed by atoms with Crippen LogP contribution in [0.5, 0.6) is 5.75 Å². The van der Waals surface area contributed by atoms with Gasteiger partial charge in [-0.05, 0) is 43.0 Å². The van der Waals surface area contributed by atoms with Gasteiger partial charge >= 0.3 is 0 Å². The van der Waals surface area contributed by atoms with E-state index in [1.54, 1.807) is 29.0 Å². The second-order valence-electron chi connectivity index (χ2n) is 7.70. The van der Waals surface area contributed by atoms with Gasteiger partial charge in [-0.25, -0.2) is 9.67 Å². The Morgan fingerprint density at radius 1 is 1.18 bits per heavy atom. The summed E-state index contributed by atoms with van der Waals surface area (Å²) in [5.74, 6) is 0.638. The SMILES string of the molecule is COc1cc(N2CCC(C)C2=O)ccc1-n1ccc(=O)c(C(C=CN)=Nc2ccccc2)n1. The molecule has 1 saturated heterocycles. The van der Waals surface area contributed by atoms with E-state index in [1.165, 1.54) is 12.3 Å². The van der Waals surface area contributed by atoms with Gasteiger partial charge in [0, 0.05) is 36.5 Å². The van der Waals surface area contributed by atoms with E-state index in [1.807, 2.05) is 55.5 Å². The first kappa shape index (κ1) is 22.0.